The molecule has 33 heavy (non-hydrogen) atoms. The van der Waals surface area contributed by atoms with E-state index in [1.807, 2.05) is 54.9 Å². The third kappa shape index (κ3) is 5.78. The van der Waals surface area contributed by atoms with Crippen LogP contribution >= 0.6 is 23.1 Å². The maximum Gasteiger partial charge on any atom is 0.228 e. The second-order valence-corrected chi connectivity index (χ2v) is 9.87. The Bertz CT molecular complexity index is 1260. The number of hydrogen-bond donors (Lipinski definition) is 0. The molecule has 0 saturated carbocycles. The number of thiazole rings is 1. The van der Waals surface area contributed by atoms with Gasteiger partial charge in [0.2, 0.25) is 5.91 Å². The number of amides is 1. The van der Waals surface area contributed by atoms with Crippen molar-refractivity contribution in [3.8, 4) is 0 Å². The Morgan fingerprint density at radius 1 is 1.15 bits per heavy atom. The number of rotatable bonds is 9. The Morgan fingerprint density at radius 2 is 1.94 bits per heavy atom. The van der Waals surface area contributed by atoms with E-state index in [-0.39, 0.29) is 11.4 Å². The third-order valence-corrected chi connectivity index (χ3v) is 7.24. The van der Waals surface area contributed by atoms with Crippen molar-refractivity contribution < 1.29 is 13.6 Å². The molecule has 4 rings (SSSR count). The quantitative estimate of drug-likeness (QED) is 0.215. The summed E-state index contributed by atoms with van der Waals surface area (Å²) in [5.41, 5.74) is 1.98. The predicted molar refractivity (Wildman–Crippen MR) is 130 cm³/mol. The molecule has 2 aromatic carbocycles. The topological polar surface area (TPSA) is 51.0 Å². The van der Waals surface area contributed by atoms with E-state index in [0.717, 1.165) is 39.4 Å². The molecule has 0 bridgehead atoms. The molecular formula is C24H24F2N4OS2. The van der Waals surface area contributed by atoms with Crippen LogP contribution in [0.4, 0.5) is 13.9 Å². The van der Waals surface area contributed by atoms with Crippen LogP contribution in [0.15, 0.2) is 53.4 Å². The standard InChI is InChI=1S/C24H24F2N4OS2/c1-16-13-17(2)30(28-16)11-10-29(22(31)9-6-12-32-19-7-4-3-5-8-19)24-27-23-20(26)14-18(25)15-21(23)33-24/h3-5,7-8,13-15H,6,9-12H2,1-2H3. The fourth-order valence-corrected chi connectivity index (χ4v) is 5.47. The number of carbonyl (C=O) groups excluding carboxylic acids is 1. The van der Waals surface area contributed by atoms with Crippen LogP contribution in [-0.2, 0) is 11.3 Å². The highest BCUT2D eigenvalue weighted by atomic mass is 32.2. The summed E-state index contributed by atoms with van der Waals surface area (Å²) in [7, 11) is 0. The SMILES string of the molecule is Cc1cc(C)n(CCN(C(=O)CCCSc2ccccc2)c2nc3c(F)cc(F)cc3s2)n1. The highest BCUT2D eigenvalue weighted by Gasteiger charge is 2.21. The van der Waals surface area contributed by atoms with Crippen LogP contribution in [0.25, 0.3) is 10.2 Å². The maximum absolute atomic E-state index is 14.2. The highest BCUT2D eigenvalue weighted by molar-refractivity contribution is 7.99. The van der Waals surface area contributed by atoms with Crippen molar-refractivity contribution >= 4 is 44.4 Å². The monoisotopic (exact) mass is 486 g/mol. The summed E-state index contributed by atoms with van der Waals surface area (Å²) in [6.07, 6.45) is 1.03. The largest absolute Gasteiger partial charge is 0.286 e. The number of aromatic nitrogens is 3. The first kappa shape index (κ1) is 23.4. The van der Waals surface area contributed by atoms with E-state index in [9.17, 15) is 13.6 Å². The second kappa shape index (κ2) is 10.4. The zero-order valence-corrected chi connectivity index (χ0v) is 20.1. The molecule has 172 valence electrons. The van der Waals surface area contributed by atoms with Crippen molar-refractivity contribution in [3.05, 3.63) is 71.6 Å². The van der Waals surface area contributed by atoms with Gasteiger partial charge in [-0.1, -0.05) is 29.5 Å². The van der Waals surface area contributed by atoms with Gasteiger partial charge >= 0.3 is 0 Å². The Balaban J connectivity index is 1.49. The van der Waals surface area contributed by atoms with Gasteiger partial charge in [-0.25, -0.2) is 13.8 Å². The molecule has 1 amide bonds. The number of fused-ring (bicyclic) bond motifs is 1. The zero-order chi connectivity index (χ0) is 23.4. The Hall–Kier alpha value is -2.78. The molecule has 0 fully saturated rings. The maximum atomic E-state index is 14.2. The van der Waals surface area contributed by atoms with E-state index in [0.29, 0.717) is 35.8 Å². The summed E-state index contributed by atoms with van der Waals surface area (Å²) in [6.45, 7) is 4.71. The van der Waals surface area contributed by atoms with Crippen molar-refractivity contribution in [2.24, 2.45) is 0 Å². The van der Waals surface area contributed by atoms with Crippen LogP contribution < -0.4 is 4.90 Å². The van der Waals surface area contributed by atoms with Crippen molar-refractivity contribution in [3.63, 3.8) is 0 Å². The van der Waals surface area contributed by atoms with E-state index >= 15 is 0 Å². The summed E-state index contributed by atoms with van der Waals surface area (Å²) < 4.78 is 30.1. The lowest BCUT2D eigenvalue weighted by Gasteiger charge is -2.20. The normalized spacial score (nSPS) is 11.3. The number of benzene rings is 2. The van der Waals surface area contributed by atoms with Crippen molar-refractivity contribution in [2.45, 2.75) is 38.1 Å². The van der Waals surface area contributed by atoms with Gasteiger partial charge in [-0.15, -0.1) is 11.8 Å². The summed E-state index contributed by atoms with van der Waals surface area (Å²) in [6, 6.07) is 14.1. The smallest absolute Gasteiger partial charge is 0.228 e. The molecule has 0 saturated heterocycles. The molecule has 9 heteroatoms. The molecule has 0 atom stereocenters. The Labute approximate surface area is 199 Å². The van der Waals surface area contributed by atoms with Crippen LogP contribution in [0.3, 0.4) is 0 Å². The summed E-state index contributed by atoms with van der Waals surface area (Å²) in [4.78, 5) is 20.3. The van der Waals surface area contributed by atoms with E-state index in [4.69, 9.17) is 0 Å². The predicted octanol–water partition coefficient (Wildman–Crippen LogP) is 5.99. The van der Waals surface area contributed by atoms with Gasteiger partial charge in [-0.3, -0.25) is 14.4 Å². The molecule has 0 aliphatic carbocycles. The van der Waals surface area contributed by atoms with E-state index < -0.39 is 11.6 Å². The average molecular weight is 487 g/mol. The van der Waals surface area contributed by atoms with Gasteiger partial charge in [0.1, 0.15) is 11.3 Å². The summed E-state index contributed by atoms with van der Waals surface area (Å²) >= 11 is 2.82. The van der Waals surface area contributed by atoms with Crippen molar-refractivity contribution in [1.82, 2.24) is 14.8 Å². The molecule has 2 aromatic heterocycles. The van der Waals surface area contributed by atoms with Crippen LogP contribution in [0.2, 0.25) is 0 Å². The fourth-order valence-electron chi connectivity index (χ4n) is 3.55. The fraction of sp³-hybridized carbons (Fsp3) is 0.292. The molecule has 0 radical (unpaired) electrons. The minimum atomic E-state index is -0.724. The van der Waals surface area contributed by atoms with Gasteiger partial charge in [-0.2, -0.15) is 5.10 Å². The van der Waals surface area contributed by atoms with E-state index in [1.54, 1.807) is 16.7 Å². The molecule has 0 aliphatic heterocycles. The molecule has 0 N–H and O–H groups in total. The van der Waals surface area contributed by atoms with Gasteiger partial charge in [0.05, 0.1) is 16.9 Å². The summed E-state index contributed by atoms with van der Waals surface area (Å²) in [5.74, 6) is -0.669. The minimum absolute atomic E-state index is 0.0833. The zero-order valence-electron chi connectivity index (χ0n) is 18.4. The number of carbonyl (C=O) groups is 1. The van der Waals surface area contributed by atoms with Gasteiger partial charge in [0.25, 0.3) is 0 Å². The molecule has 0 spiro atoms. The van der Waals surface area contributed by atoms with Gasteiger partial charge < -0.3 is 0 Å². The van der Waals surface area contributed by atoms with Gasteiger partial charge in [0, 0.05) is 29.6 Å². The van der Waals surface area contributed by atoms with Crippen LogP contribution in [-0.4, -0.2) is 33.0 Å². The number of nitrogens with zero attached hydrogens (tertiary/aromatic N) is 4. The molecule has 0 unspecified atom stereocenters. The van der Waals surface area contributed by atoms with E-state index in [1.165, 1.54) is 6.07 Å². The third-order valence-electron chi connectivity index (χ3n) is 5.12. The van der Waals surface area contributed by atoms with Crippen LogP contribution in [0.5, 0.6) is 0 Å². The second-order valence-electron chi connectivity index (χ2n) is 7.69. The van der Waals surface area contributed by atoms with E-state index in [2.05, 4.69) is 10.1 Å². The highest BCUT2D eigenvalue weighted by Crippen LogP contribution is 2.32. The van der Waals surface area contributed by atoms with Crippen LogP contribution in [0, 0.1) is 25.5 Å². The lowest BCUT2D eigenvalue weighted by molar-refractivity contribution is -0.118. The lowest BCUT2D eigenvalue weighted by atomic mass is 10.3. The number of aryl methyl sites for hydroxylation is 2. The number of hydrogen-bond acceptors (Lipinski definition) is 5. The number of anilines is 1. The minimum Gasteiger partial charge on any atom is -0.286 e. The molecule has 5 nitrogen and oxygen atoms in total. The average Bonchev–Trinajstić information content (AvgIpc) is 3.34. The lowest BCUT2D eigenvalue weighted by Crippen LogP contribution is -2.34. The molecule has 0 aliphatic rings. The first-order valence-corrected chi connectivity index (χ1v) is 12.5. The first-order valence-electron chi connectivity index (χ1n) is 10.7. The van der Waals surface area contributed by atoms with Crippen molar-refractivity contribution in [2.75, 3.05) is 17.2 Å². The first-order chi connectivity index (χ1) is 15.9. The van der Waals surface area contributed by atoms with Gasteiger partial charge in [0.15, 0.2) is 10.9 Å². The molecule has 2 heterocycles. The molecular weight excluding hydrogens is 462 g/mol. The number of thioether (sulfide) groups is 1. The Morgan fingerprint density at radius 3 is 2.67 bits per heavy atom. The van der Waals surface area contributed by atoms with Crippen LogP contribution in [0.1, 0.15) is 24.2 Å². The van der Waals surface area contributed by atoms with Crippen molar-refractivity contribution in [1.29, 1.82) is 0 Å². The molecule has 4 aromatic rings. The summed E-state index contributed by atoms with van der Waals surface area (Å²) in [5, 5.41) is 4.83. The number of halogens is 2. The Kier molecular flexibility index (Phi) is 7.39. The van der Waals surface area contributed by atoms with Gasteiger partial charge in [-0.05, 0) is 50.3 Å².